The van der Waals surface area contributed by atoms with E-state index in [0.29, 0.717) is 49.9 Å². The first-order valence-electron chi connectivity index (χ1n) is 14.3. The highest BCUT2D eigenvalue weighted by Crippen LogP contribution is 2.22. The van der Waals surface area contributed by atoms with E-state index in [-0.39, 0.29) is 29.9 Å². The molecule has 0 radical (unpaired) electrons. The first-order valence-corrected chi connectivity index (χ1v) is 14.3. The number of nitrogen functional groups attached to an aromatic ring is 1. The predicted octanol–water partition coefficient (Wildman–Crippen LogP) is 2.48. The van der Waals surface area contributed by atoms with Gasteiger partial charge in [0.05, 0.1) is 32.8 Å². The maximum absolute atomic E-state index is 12.8. The van der Waals surface area contributed by atoms with E-state index in [1.807, 2.05) is 12.1 Å². The van der Waals surface area contributed by atoms with Gasteiger partial charge >= 0.3 is 17.7 Å². The number of piperidine rings is 1. The van der Waals surface area contributed by atoms with Crippen LogP contribution in [0.5, 0.6) is 6.01 Å². The first kappa shape index (κ1) is 30.0. The molecule has 0 atom stereocenters. The molecule has 0 spiro atoms. The minimum absolute atomic E-state index is 0.175. The summed E-state index contributed by atoms with van der Waals surface area (Å²) >= 11 is 0. The number of carbonyl (C=O) groups is 1. The molecule has 3 aromatic rings. The van der Waals surface area contributed by atoms with Crippen molar-refractivity contribution in [2.45, 2.75) is 64.6 Å². The number of benzene rings is 1. The number of carbonyl (C=O) groups excluding carboxylic acids is 1. The molecule has 1 saturated heterocycles. The Kier molecular flexibility index (Phi) is 10.7. The molecule has 0 bridgehead atoms. The van der Waals surface area contributed by atoms with Crippen LogP contribution in [0.1, 0.15) is 50.2 Å². The number of H-pyrrole nitrogens is 1. The van der Waals surface area contributed by atoms with Crippen molar-refractivity contribution in [1.82, 2.24) is 29.3 Å². The van der Waals surface area contributed by atoms with E-state index >= 15 is 0 Å². The Bertz CT molecular complexity index is 1400. The van der Waals surface area contributed by atoms with Crippen LogP contribution in [0.4, 0.5) is 5.82 Å². The lowest BCUT2D eigenvalue weighted by molar-refractivity contribution is -0.139. The van der Waals surface area contributed by atoms with Gasteiger partial charge in [-0.1, -0.05) is 37.6 Å². The van der Waals surface area contributed by atoms with E-state index in [1.165, 1.54) is 7.11 Å². The number of aryl methyl sites for hydroxylation is 1. The molecule has 0 aliphatic carbocycles. The molecule has 1 aliphatic rings. The molecular weight excluding hydrogens is 524 g/mol. The standard InChI is InChI=1S/C29H40N8O4/c1-3-4-17-41-28-33-26(31)25-27(34-28)37(29(39)32-25)13-6-12-36(23-9-14-35(15-10-23)16-11-30)20-22-8-5-7-21(18-22)19-24(38)40-2/h5,7-8,18,23H,3-4,6,9-10,12-17,19-20H2,1-2H3,(H,32,39)(H2,31,33,34). The molecule has 3 heterocycles. The Balaban J connectivity index is 1.49. The number of hydrogen-bond donors (Lipinski definition) is 2. The van der Waals surface area contributed by atoms with Crippen LogP contribution in [-0.2, 0) is 29.0 Å². The number of rotatable bonds is 14. The summed E-state index contributed by atoms with van der Waals surface area (Å²) < 4.78 is 12.1. The van der Waals surface area contributed by atoms with Crippen LogP contribution in [0.2, 0.25) is 0 Å². The molecule has 220 valence electrons. The fourth-order valence-electron chi connectivity index (χ4n) is 5.29. The molecule has 0 unspecified atom stereocenters. The van der Waals surface area contributed by atoms with Gasteiger partial charge in [-0.3, -0.25) is 19.2 Å². The smallest absolute Gasteiger partial charge is 0.327 e. The number of nitrogens with zero attached hydrogens (tertiary/aromatic N) is 6. The molecule has 1 aliphatic heterocycles. The Morgan fingerprint density at radius 2 is 2.02 bits per heavy atom. The van der Waals surface area contributed by atoms with Gasteiger partial charge in [-0.05, 0) is 36.8 Å². The molecular formula is C29H40N8O4. The van der Waals surface area contributed by atoms with Crippen LogP contribution in [-0.4, -0.2) is 81.2 Å². The second-order valence-electron chi connectivity index (χ2n) is 10.4. The van der Waals surface area contributed by atoms with Crippen molar-refractivity contribution in [2.24, 2.45) is 0 Å². The number of methoxy groups -OCH3 is 1. The number of aromatic amines is 1. The van der Waals surface area contributed by atoms with Gasteiger partial charge in [0.1, 0.15) is 5.52 Å². The first-order chi connectivity index (χ1) is 19.9. The molecule has 3 N–H and O–H groups in total. The number of anilines is 1. The van der Waals surface area contributed by atoms with Crippen molar-refractivity contribution in [1.29, 1.82) is 5.26 Å². The van der Waals surface area contributed by atoms with E-state index in [1.54, 1.807) is 4.57 Å². The summed E-state index contributed by atoms with van der Waals surface area (Å²) in [6.45, 7) is 6.67. The molecule has 12 nitrogen and oxygen atoms in total. The second kappa shape index (κ2) is 14.6. The normalized spacial score (nSPS) is 14.4. The van der Waals surface area contributed by atoms with Crippen molar-refractivity contribution in [3.05, 3.63) is 45.9 Å². The minimum atomic E-state index is -0.279. The molecule has 0 saturated carbocycles. The molecule has 1 aromatic carbocycles. The van der Waals surface area contributed by atoms with Crippen molar-refractivity contribution in [2.75, 3.05) is 45.6 Å². The quantitative estimate of drug-likeness (QED) is 0.169. The highest BCUT2D eigenvalue weighted by Gasteiger charge is 2.25. The number of likely N-dealkylation sites (tertiary alicyclic amines) is 1. The number of ether oxygens (including phenoxy) is 2. The van der Waals surface area contributed by atoms with Gasteiger partial charge in [0.2, 0.25) is 0 Å². The Morgan fingerprint density at radius 3 is 2.76 bits per heavy atom. The zero-order valence-corrected chi connectivity index (χ0v) is 24.0. The van der Waals surface area contributed by atoms with E-state index in [0.717, 1.165) is 56.4 Å². The van der Waals surface area contributed by atoms with Crippen LogP contribution in [0.15, 0.2) is 29.1 Å². The number of unbranched alkanes of at least 4 members (excludes halogenated alkanes) is 1. The largest absolute Gasteiger partial charge is 0.469 e. The number of aromatic nitrogens is 4. The molecule has 12 heteroatoms. The molecule has 4 rings (SSSR count). The topological polar surface area (TPSA) is 155 Å². The molecule has 41 heavy (non-hydrogen) atoms. The zero-order chi connectivity index (χ0) is 29.2. The van der Waals surface area contributed by atoms with Crippen molar-refractivity contribution in [3.8, 4) is 12.1 Å². The summed E-state index contributed by atoms with van der Waals surface area (Å²) in [6.07, 6.45) is 4.71. The lowest BCUT2D eigenvalue weighted by atomic mass is 10.0. The number of esters is 1. The van der Waals surface area contributed by atoms with Crippen LogP contribution in [0.3, 0.4) is 0 Å². The number of nitrogens with one attached hydrogen (secondary N) is 1. The molecule has 1 fully saturated rings. The van der Waals surface area contributed by atoms with Crippen LogP contribution < -0.4 is 16.2 Å². The number of hydrogen-bond acceptors (Lipinski definition) is 10. The fourth-order valence-corrected chi connectivity index (χ4v) is 5.29. The lowest BCUT2D eigenvalue weighted by Gasteiger charge is -2.38. The summed E-state index contributed by atoms with van der Waals surface area (Å²) in [6, 6.07) is 10.8. The Labute approximate surface area is 240 Å². The van der Waals surface area contributed by atoms with E-state index in [4.69, 9.17) is 20.5 Å². The number of nitrogens with two attached hydrogens (primary N) is 1. The monoisotopic (exact) mass is 564 g/mol. The summed E-state index contributed by atoms with van der Waals surface area (Å²) in [5.74, 6) is -0.0775. The minimum Gasteiger partial charge on any atom is -0.469 e. The highest BCUT2D eigenvalue weighted by molar-refractivity contribution is 5.81. The number of imidazole rings is 1. The van der Waals surface area contributed by atoms with Crippen LogP contribution in [0.25, 0.3) is 11.2 Å². The van der Waals surface area contributed by atoms with Gasteiger partial charge in [-0.15, -0.1) is 0 Å². The number of nitriles is 1. The van der Waals surface area contributed by atoms with Crippen molar-refractivity contribution >= 4 is 23.0 Å². The molecule has 2 aromatic heterocycles. The van der Waals surface area contributed by atoms with Gasteiger partial charge in [-0.2, -0.15) is 15.2 Å². The maximum Gasteiger partial charge on any atom is 0.327 e. The highest BCUT2D eigenvalue weighted by atomic mass is 16.5. The van der Waals surface area contributed by atoms with Gasteiger partial charge in [0.15, 0.2) is 11.5 Å². The third kappa shape index (κ3) is 8.05. The van der Waals surface area contributed by atoms with E-state index < -0.39 is 0 Å². The third-order valence-electron chi connectivity index (χ3n) is 7.51. The maximum atomic E-state index is 12.8. The fraction of sp³-hybridized carbons (Fsp3) is 0.552. The lowest BCUT2D eigenvalue weighted by Crippen LogP contribution is -2.45. The van der Waals surface area contributed by atoms with Crippen LogP contribution in [0, 0.1) is 11.3 Å². The number of fused-ring (bicyclic) bond motifs is 1. The van der Waals surface area contributed by atoms with Gasteiger partial charge in [-0.25, -0.2) is 4.79 Å². The van der Waals surface area contributed by atoms with Gasteiger partial charge in [0, 0.05) is 38.8 Å². The van der Waals surface area contributed by atoms with Crippen molar-refractivity contribution < 1.29 is 14.3 Å². The second-order valence-corrected chi connectivity index (χ2v) is 10.4. The Hall–Kier alpha value is -3.95. The molecule has 0 amide bonds. The van der Waals surface area contributed by atoms with Crippen LogP contribution >= 0.6 is 0 Å². The summed E-state index contributed by atoms with van der Waals surface area (Å²) in [7, 11) is 1.40. The average Bonchev–Trinajstić information content (AvgIpc) is 3.29. The third-order valence-corrected chi connectivity index (χ3v) is 7.51. The Morgan fingerprint density at radius 1 is 1.24 bits per heavy atom. The van der Waals surface area contributed by atoms with Crippen molar-refractivity contribution in [3.63, 3.8) is 0 Å². The van der Waals surface area contributed by atoms with Gasteiger partial charge in [0.25, 0.3) is 0 Å². The summed E-state index contributed by atoms with van der Waals surface area (Å²) in [4.78, 5) is 40.8. The van der Waals surface area contributed by atoms with E-state index in [2.05, 4.69) is 49.9 Å². The zero-order valence-electron chi connectivity index (χ0n) is 24.0. The summed E-state index contributed by atoms with van der Waals surface area (Å²) in [5, 5.41) is 9.10. The SMILES string of the molecule is CCCCOc1nc(N)c2[nH]c(=O)n(CCCN(Cc3cccc(CC(=O)OC)c3)C3CCN(CC#N)CC3)c2n1. The predicted molar refractivity (Wildman–Crippen MR) is 155 cm³/mol. The summed E-state index contributed by atoms with van der Waals surface area (Å²) in [5.41, 5.74) is 8.73. The van der Waals surface area contributed by atoms with E-state index in [9.17, 15) is 9.59 Å². The van der Waals surface area contributed by atoms with Gasteiger partial charge < -0.3 is 20.2 Å². The average molecular weight is 565 g/mol.